The zero-order valence-electron chi connectivity index (χ0n) is 15.1. The molecule has 1 fully saturated rings. The monoisotopic (exact) mass is 336 g/mol. The first-order valence-corrected chi connectivity index (χ1v) is 9.28. The second kappa shape index (κ2) is 11.2. The third kappa shape index (κ3) is 6.60. The van der Waals surface area contributed by atoms with E-state index in [4.69, 9.17) is 9.84 Å². The van der Waals surface area contributed by atoms with E-state index in [1.807, 2.05) is 0 Å². The molecule has 0 aliphatic carbocycles. The lowest BCUT2D eigenvalue weighted by molar-refractivity contribution is -0.147. The Morgan fingerprint density at radius 2 is 1.62 bits per heavy atom. The van der Waals surface area contributed by atoms with Crippen molar-refractivity contribution in [3.8, 4) is 0 Å². The third-order valence-corrected chi connectivity index (χ3v) is 4.48. The number of unbranched alkanes of at least 4 members (excludes halogenated alkanes) is 6. The minimum atomic E-state index is -1.54. The first-order valence-electron chi connectivity index (χ1n) is 9.28. The van der Waals surface area contributed by atoms with E-state index in [0.29, 0.717) is 6.42 Å². The summed E-state index contributed by atoms with van der Waals surface area (Å²) >= 11 is 0. The number of carboxylic acids is 1. The molecule has 0 amide bonds. The second-order valence-electron chi connectivity index (χ2n) is 6.52. The molecule has 1 aliphatic rings. The summed E-state index contributed by atoms with van der Waals surface area (Å²) in [5, 5.41) is 9.09. The number of aliphatic carboxylic acids is 1. The first-order chi connectivity index (χ1) is 11.6. The number of hydrogen-bond donors (Lipinski definition) is 1. The van der Waals surface area contributed by atoms with E-state index < -0.39 is 23.5 Å². The van der Waals surface area contributed by atoms with Gasteiger partial charge in [0.15, 0.2) is 5.78 Å². The SMILES string of the molecule is CCCCC/C=C\C/C=C\CCCCCC1OC1(C(C)=O)C(=O)O. The van der Waals surface area contributed by atoms with Crippen molar-refractivity contribution in [2.75, 3.05) is 0 Å². The van der Waals surface area contributed by atoms with Gasteiger partial charge in [0.1, 0.15) is 6.10 Å². The zero-order valence-corrected chi connectivity index (χ0v) is 15.1. The van der Waals surface area contributed by atoms with E-state index in [0.717, 1.165) is 32.1 Å². The molecule has 2 atom stereocenters. The molecule has 0 aromatic heterocycles. The minimum absolute atomic E-state index is 0.398. The Bertz CT molecular complexity index is 437. The molecule has 0 saturated carbocycles. The molecule has 136 valence electrons. The molecular formula is C20H32O4. The van der Waals surface area contributed by atoms with Crippen LogP contribution in [0.4, 0.5) is 0 Å². The van der Waals surface area contributed by atoms with Crippen molar-refractivity contribution in [1.29, 1.82) is 0 Å². The van der Waals surface area contributed by atoms with Crippen LogP contribution in [0.15, 0.2) is 24.3 Å². The van der Waals surface area contributed by atoms with Crippen molar-refractivity contribution < 1.29 is 19.4 Å². The number of carbonyl (C=O) groups is 2. The van der Waals surface area contributed by atoms with Gasteiger partial charge >= 0.3 is 5.97 Å². The number of ether oxygens (including phenoxy) is 1. The minimum Gasteiger partial charge on any atom is -0.479 e. The molecule has 1 aliphatic heterocycles. The average Bonchev–Trinajstić information content (AvgIpc) is 3.28. The summed E-state index contributed by atoms with van der Waals surface area (Å²) in [6, 6.07) is 0. The molecule has 0 bridgehead atoms. The second-order valence-corrected chi connectivity index (χ2v) is 6.52. The Hall–Kier alpha value is -1.42. The van der Waals surface area contributed by atoms with Crippen molar-refractivity contribution in [2.24, 2.45) is 0 Å². The van der Waals surface area contributed by atoms with Crippen LogP contribution in [0.25, 0.3) is 0 Å². The van der Waals surface area contributed by atoms with E-state index in [1.165, 1.54) is 32.6 Å². The van der Waals surface area contributed by atoms with Crippen LogP contribution in [-0.2, 0) is 14.3 Å². The van der Waals surface area contributed by atoms with Crippen LogP contribution in [0, 0.1) is 0 Å². The standard InChI is InChI=1S/C20H32O4/c1-3-4-5-6-7-8-9-10-11-12-13-14-15-16-18-20(24-18,17(2)21)19(22)23/h7-8,10-11,18H,3-6,9,12-16H2,1-2H3,(H,22,23)/b8-7-,11-10-. The van der Waals surface area contributed by atoms with Crippen LogP contribution in [0.1, 0.15) is 78.1 Å². The predicted octanol–water partition coefficient (Wildman–Crippen LogP) is 4.83. The van der Waals surface area contributed by atoms with Gasteiger partial charge in [-0.25, -0.2) is 4.79 Å². The number of hydrogen-bond acceptors (Lipinski definition) is 3. The van der Waals surface area contributed by atoms with Gasteiger partial charge in [0.2, 0.25) is 5.60 Å². The van der Waals surface area contributed by atoms with Crippen LogP contribution in [0.5, 0.6) is 0 Å². The van der Waals surface area contributed by atoms with Gasteiger partial charge in [-0.1, -0.05) is 56.9 Å². The average molecular weight is 336 g/mol. The molecule has 1 heterocycles. The molecule has 1 rings (SSSR count). The van der Waals surface area contributed by atoms with Gasteiger partial charge in [0.25, 0.3) is 0 Å². The summed E-state index contributed by atoms with van der Waals surface area (Å²) in [5.41, 5.74) is -1.54. The molecule has 2 unspecified atom stereocenters. The van der Waals surface area contributed by atoms with Gasteiger partial charge in [-0.2, -0.15) is 0 Å². The maximum atomic E-state index is 11.4. The number of carbonyl (C=O) groups excluding carboxylic acids is 1. The molecule has 24 heavy (non-hydrogen) atoms. The first kappa shape index (κ1) is 20.6. The van der Waals surface area contributed by atoms with Gasteiger partial charge in [0, 0.05) is 0 Å². The molecule has 1 N–H and O–H groups in total. The quantitative estimate of drug-likeness (QED) is 0.213. The van der Waals surface area contributed by atoms with Crippen LogP contribution in [0.2, 0.25) is 0 Å². The molecule has 4 nitrogen and oxygen atoms in total. The van der Waals surface area contributed by atoms with E-state index in [9.17, 15) is 9.59 Å². The predicted molar refractivity (Wildman–Crippen MR) is 96.0 cm³/mol. The number of rotatable bonds is 14. The number of ketones is 1. The van der Waals surface area contributed by atoms with E-state index >= 15 is 0 Å². The summed E-state index contributed by atoms with van der Waals surface area (Å²) in [6.07, 6.45) is 19.2. The largest absolute Gasteiger partial charge is 0.479 e. The third-order valence-electron chi connectivity index (χ3n) is 4.48. The van der Waals surface area contributed by atoms with Gasteiger partial charge in [0.05, 0.1) is 0 Å². The Kier molecular flexibility index (Phi) is 9.62. The maximum absolute atomic E-state index is 11.4. The summed E-state index contributed by atoms with van der Waals surface area (Å²) in [5.74, 6) is -1.55. The number of allylic oxidation sites excluding steroid dienone is 4. The smallest absolute Gasteiger partial charge is 0.346 e. The van der Waals surface area contributed by atoms with Crippen molar-refractivity contribution >= 4 is 11.8 Å². The van der Waals surface area contributed by atoms with Crippen LogP contribution < -0.4 is 0 Å². The molecular weight excluding hydrogens is 304 g/mol. The molecule has 4 heteroatoms. The van der Waals surface area contributed by atoms with Gasteiger partial charge in [-0.3, -0.25) is 4.79 Å². The fraction of sp³-hybridized carbons (Fsp3) is 0.700. The summed E-state index contributed by atoms with van der Waals surface area (Å²) in [4.78, 5) is 22.5. The Labute approximate surface area is 146 Å². The number of carboxylic acid groups (broad SMARTS) is 1. The van der Waals surface area contributed by atoms with E-state index in [2.05, 4.69) is 31.2 Å². The Morgan fingerprint density at radius 3 is 2.12 bits per heavy atom. The summed E-state index contributed by atoms with van der Waals surface area (Å²) in [7, 11) is 0. The van der Waals surface area contributed by atoms with Gasteiger partial charge in [-0.15, -0.1) is 0 Å². The maximum Gasteiger partial charge on any atom is 0.346 e. The number of Topliss-reactive ketones (excluding diaryl/α,β-unsaturated/α-hetero) is 1. The summed E-state index contributed by atoms with van der Waals surface area (Å²) < 4.78 is 5.16. The van der Waals surface area contributed by atoms with Gasteiger partial charge in [-0.05, 0) is 45.4 Å². The van der Waals surface area contributed by atoms with Gasteiger partial charge < -0.3 is 9.84 Å². The van der Waals surface area contributed by atoms with Crippen molar-refractivity contribution in [1.82, 2.24) is 0 Å². The van der Waals surface area contributed by atoms with Crippen LogP contribution in [0.3, 0.4) is 0 Å². The molecule has 0 spiro atoms. The van der Waals surface area contributed by atoms with Crippen molar-refractivity contribution in [3.63, 3.8) is 0 Å². The molecule has 1 saturated heterocycles. The van der Waals surface area contributed by atoms with Crippen molar-refractivity contribution in [3.05, 3.63) is 24.3 Å². The Morgan fingerprint density at radius 1 is 1.00 bits per heavy atom. The highest BCUT2D eigenvalue weighted by atomic mass is 16.6. The van der Waals surface area contributed by atoms with Crippen LogP contribution in [-0.4, -0.2) is 28.6 Å². The highest BCUT2D eigenvalue weighted by molar-refractivity contribution is 6.09. The highest BCUT2D eigenvalue weighted by Gasteiger charge is 2.66. The lowest BCUT2D eigenvalue weighted by Gasteiger charge is -2.02. The van der Waals surface area contributed by atoms with Crippen LogP contribution >= 0.6 is 0 Å². The lowest BCUT2D eigenvalue weighted by Crippen LogP contribution is -2.34. The molecule has 0 aromatic rings. The highest BCUT2D eigenvalue weighted by Crippen LogP contribution is 2.41. The number of epoxide rings is 1. The normalized spacial score (nSPS) is 23.2. The fourth-order valence-corrected chi connectivity index (χ4v) is 2.89. The van der Waals surface area contributed by atoms with E-state index in [-0.39, 0.29) is 0 Å². The Balaban J connectivity index is 1.99. The lowest BCUT2D eigenvalue weighted by atomic mass is 9.97. The molecule has 0 radical (unpaired) electrons. The summed E-state index contributed by atoms with van der Waals surface area (Å²) in [6.45, 7) is 3.51. The zero-order chi connectivity index (χ0) is 17.8. The molecule has 0 aromatic carbocycles. The van der Waals surface area contributed by atoms with E-state index in [1.54, 1.807) is 0 Å². The topological polar surface area (TPSA) is 66.9 Å². The van der Waals surface area contributed by atoms with Crippen molar-refractivity contribution in [2.45, 2.75) is 89.8 Å². The fourth-order valence-electron chi connectivity index (χ4n) is 2.89.